The Labute approximate surface area is 271 Å². The first kappa shape index (κ1) is 34.8. The van der Waals surface area contributed by atoms with Crippen molar-refractivity contribution in [3.8, 4) is 5.75 Å². The van der Waals surface area contributed by atoms with Crippen LogP contribution in [-0.2, 0) is 37.4 Å². The Balaban J connectivity index is 1.39. The lowest BCUT2D eigenvalue weighted by molar-refractivity contribution is -0.111. The number of allylic oxidation sites excluding steroid dienone is 5. The van der Waals surface area contributed by atoms with Crippen LogP contribution in [0.2, 0.25) is 0 Å². The van der Waals surface area contributed by atoms with Gasteiger partial charge in [0.1, 0.15) is 18.1 Å². The normalized spacial score (nSPS) is 14.1. The fourth-order valence-electron chi connectivity index (χ4n) is 4.94. The molecule has 1 aliphatic carbocycles. The molecular weight excluding hydrogens is 612 g/mol. The smallest absolute Gasteiger partial charge is 0.387 e. The number of aryl methyl sites for hydroxylation is 2. The van der Waals surface area contributed by atoms with Crippen molar-refractivity contribution in [2.24, 2.45) is 0 Å². The van der Waals surface area contributed by atoms with Gasteiger partial charge in [-0.25, -0.2) is 4.98 Å². The first-order chi connectivity index (χ1) is 22.3. The highest BCUT2D eigenvalue weighted by molar-refractivity contribution is 7.84. The van der Waals surface area contributed by atoms with Gasteiger partial charge < -0.3 is 24.1 Å². The van der Waals surface area contributed by atoms with Crippen molar-refractivity contribution in [1.29, 1.82) is 0 Å². The van der Waals surface area contributed by atoms with Crippen molar-refractivity contribution in [3.05, 3.63) is 101 Å². The number of alkyl halides is 2. The average Bonchev–Trinajstić information content (AvgIpc) is 3.39. The summed E-state index contributed by atoms with van der Waals surface area (Å²) in [7, 11) is -1.28. The number of anilines is 1. The molecule has 1 aromatic heterocycles. The summed E-state index contributed by atoms with van der Waals surface area (Å²) in [6, 6.07) is 14.4. The third-order valence-corrected chi connectivity index (χ3v) is 8.59. The van der Waals surface area contributed by atoms with Gasteiger partial charge in [-0.2, -0.15) is 8.78 Å². The predicted molar refractivity (Wildman–Crippen MR) is 176 cm³/mol. The monoisotopic (exact) mass is 653 g/mol. The van der Waals surface area contributed by atoms with Crippen LogP contribution in [0.25, 0.3) is 5.57 Å². The van der Waals surface area contributed by atoms with Crippen molar-refractivity contribution >= 4 is 28.0 Å². The van der Waals surface area contributed by atoms with Crippen LogP contribution in [0.1, 0.15) is 56.5 Å². The van der Waals surface area contributed by atoms with Gasteiger partial charge in [0.25, 0.3) is 0 Å². The van der Waals surface area contributed by atoms with Gasteiger partial charge in [-0.05, 0) is 85.9 Å². The van der Waals surface area contributed by atoms with Gasteiger partial charge >= 0.3 is 6.61 Å². The summed E-state index contributed by atoms with van der Waals surface area (Å²) < 4.78 is 57.3. The molecule has 8 nitrogen and oxygen atoms in total. The number of carbonyl (C=O) groups excluding carboxylic acids is 1. The molecule has 1 aliphatic rings. The fourth-order valence-corrected chi connectivity index (χ4v) is 6.17. The minimum atomic E-state index is -2.97. The lowest BCUT2D eigenvalue weighted by atomic mass is 9.92. The Hall–Kier alpha value is -4.09. The second-order valence-corrected chi connectivity index (χ2v) is 12.2. The molecule has 0 spiro atoms. The molecule has 11 heteroatoms. The van der Waals surface area contributed by atoms with E-state index in [4.69, 9.17) is 14.2 Å². The zero-order valence-corrected chi connectivity index (χ0v) is 27.3. The largest absolute Gasteiger partial charge is 0.491 e. The van der Waals surface area contributed by atoms with Crippen LogP contribution in [0, 0.1) is 6.92 Å². The number of nitrogens with zero attached hydrogens (tertiary/aromatic N) is 2. The first-order valence-electron chi connectivity index (χ1n) is 15.4. The van der Waals surface area contributed by atoms with Crippen LogP contribution in [0.15, 0.2) is 89.3 Å². The van der Waals surface area contributed by atoms with Gasteiger partial charge in [-0.3, -0.25) is 9.00 Å². The van der Waals surface area contributed by atoms with E-state index in [-0.39, 0.29) is 12.2 Å². The van der Waals surface area contributed by atoms with Gasteiger partial charge in [-0.15, -0.1) is 0 Å². The van der Waals surface area contributed by atoms with Crippen molar-refractivity contribution < 1.29 is 32.0 Å². The third-order valence-electron chi connectivity index (χ3n) is 7.26. The average molecular weight is 654 g/mol. The highest BCUT2D eigenvalue weighted by Crippen LogP contribution is 2.33. The molecule has 0 fully saturated rings. The number of carbonyl (C=O) groups is 1. The Morgan fingerprint density at radius 3 is 2.50 bits per heavy atom. The van der Waals surface area contributed by atoms with Crippen LogP contribution in [-0.4, -0.2) is 46.1 Å². The molecule has 2 aromatic carbocycles. The lowest BCUT2D eigenvalue weighted by Crippen LogP contribution is -2.10. The number of rotatable bonds is 17. The molecule has 0 saturated heterocycles. The number of amides is 1. The zero-order chi connectivity index (χ0) is 32.9. The third kappa shape index (κ3) is 10.2. The van der Waals surface area contributed by atoms with Crippen molar-refractivity contribution in [2.45, 2.75) is 70.3 Å². The minimum Gasteiger partial charge on any atom is -0.491 e. The molecule has 1 atom stereocenters. The van der Waals surface area contributed by atoms with E-state index >= 15 is 0 Å². The molecule has 0 aliphatic heterocycles. The molecule has 1 N–H and O–H groups in total. The van der Waals surface area contributed by atoms with E-state index in [9.17, 15) is 17.8 Å². The van der Waals surface area contributed by atoms with E-state index < -0.39 is 23.3 Å². The molecule has 0 radical (unpaired) electrons. The highest BCUT2D eigenvalue weighted by atomic mass is 32.2. The Kier molecular flexibility index (Phi) is 13.3. The SMILES string of the molecule is CCCOCCOc1ccc(C2=CC(/C=C/C(=O)Nc3ccc([S@@](=O)Cc4c(C)ncn4CCC)cc3)=C(OC(F)F)CC2)cc1. The topological polar surface area (TPSA) is 91.7 Å². The van der Waals surface area contributed by atoms with Gasteiger partial charge in [0, 0.05) is 41.8 Å². The minimum absolute atomic E-state index is 0.122. The van der Waals surface area contributed by atoms with E-state index in [0.717, 1.165) is 41.9 Å². The predicted octanol–water partition coefficient (Wildman–Crippen LogP) is 7.58. The molecular formula is C35H41F2N3O5S. The first-order valence-corrected chi connectivity index (χ1v) is 16.8. The maximum absolute atomic E-state index is 13.2. The van der Waals surface area contributed by atoms with E-state index in [1.165, 1.54) is 12.2 Å². The van der Waals surface area contributed by atoms with Gasteiger partial charge in [0.2, 0.25) is 5.91 Å². The molecule has 1 amide bonds. The lowest BCUT2D eigenvalue weighted by Gasteiger charge is -2.19. The van der Waals surface area contributed by atoms with Crippen LogP contribution >= 0.6 is 0 Å². The Bertz CT molecular complexity index is 1560. The summed E-state index contributed by atoms with van der Waals surface area (Å²) >= 11 is 0. The maximum Gasteiger partial charge on any atom is 0.387 e. The number of hydrogen-bond acceptors (Lipinski definition) is 6. The van der Waals surface area contributed by atoms with Gasteiger partial charge in [0.15, 0.2) is 0 Å². The molecule has 0 bridgehead atoms. The number of imidazole rings is 1. The Morgan fingerprint density at radius 2 is 1.80 bits per heavy atom. The number of benzene rings is 2. The summed E-state index contributed by atoms with van der Waals surface area (Å²) in [6.45, 7) is 5.54. The molecule has 46 heavy (non-hydrogen) atoms. The summed E-state index contributed by atoms with van der Waals surface area (Å²) in [4.78, 5) is 17.7. The van der Waals surface area contributed by atoms with E-state index in [1.54, 1.807) is 36.7 Å². The van der Waals surface area contributed by atoms with Gasteiger partial charge in [-0.1, -0.05) is 26.0 Å². The van der Waals surface area contributed by atoms with E-state index in [1.807, 2.05) is 42.7 Å². The number of ether oxygens (including phenoxy) is 3. The molecule has 0 saturated carbocycles. The van der Waals surface area contributed by atoms with Gasteiger partial charge in [0.05, 0.1) is 40.9 Å². The van der Waals surface area contributed by atoms with E-state index in [0.29, 0.717) is 53.9 Å². The summed E-state index contributed by atoms with van der Waals surface area (Å²) in [5, 5.41) is 2.77. The summed E-state index contributed by atoms with van der Waals surface area (Å²) in [6.07, 6.45) is 8.98. The molecule has 3 aromatic rings. The molecule has 0 unspecified atom stereocenters. The van der Waals surface area contributed by atoms with Crippen molar-refractivity contribution in [2.75, 3.05) is 25.1 Å². The second kappa shape index (κ2) is 17.6. The van der Waals surface area contributed by atoms with Crippen molar-refractivity contribution in [3.63, 3.8) is 0 Å². The number of halogens is 2. The van der Waals surface area contributed by atoms with Crippen LogP contribution < -0.4 is 10.1 Å². The quantitative estimate of drug-likeness (QED) is 0.119. The zero-order valence-electron chi connectivity index (χ0n) is 26.5. The number of hydrogen-bond donors (Lipinski definition) is 1. The summed E-state index contributed by atoms with van der Waals surface area (Å²) in [5.74, 6) is 0.738. The van der Waals surface area contributed by atoms with Crippen molar-refractivity contribution in [1.82, 2.24) is 9.55 Å². The Morgan fingerprint density at radius 1 is 1.04 bits per heavy atom. The highest BCUT2D eigenvalue weighted by Gasteiger charge is 2.18. The number of nitrogens with one attached hydrogen (secondary N) is 1. The van der Waals surface area contributed by atoms with Crippen LogP contribution in [0.3, 0.4) is 0 Å². The molecule has 1 heterocycles. The van der Waals surface area contributed by atoms with E-state index in [2.05, 4.69) is 17.2 Å². The fraction of sp³-hybridized carbons (Fsp3) is 0.371. The maximum atomic E-state index is 13.2. The van der Waals surface area contributed by atoms with Crippen LogP contribution in [0.4, 0.5) is 14.5 Å². The number of aromatic nitrogens is 2. The summed E-state index contributed by atoms with van der Waals surface area (Å²) in [5.41, 5.74) is 4.57. The standard InChI is InChI=1S/C35H41F2N3O5S/c1-4-18-40-24-38-25(3)32(40)23-46(42)31-14-10-29(11-15-31)39-34(41)17-9-28-22-27(8-16-33(28)45-35(36)37)26-6-12-30(13-7-26)44-21-20-43-19-5-2/h6-7,9-15,17,22,24,35H,4-5,8,16,18-21,23H2,1-3H3,(H,39,41)/b17-9+/t46-/m0/s1. The second-order valence-electron chi connectivity index (χ2n) is 10.7. The molecule has 246 valence electrons. The van der Waals surface area contributed by atoms with Crippen LogP contribution in [0.5, 0.6) is 5.75 Å². The molecule has 4 rings (SSSR count).